The molecule has 1 amide bonds. The number of rotatable bonds is 0. The van der Waals surface area contributed by atoms with Crippen LogP contribution in [0.4, 0.5) is 0 Å². The molecule has 0 saturated carbocycles. The summed E-state index contributed by atoms with van der Waals surface area (Å²) in [5.41, 5.74) is 0. The second-order valence-corrected chi connectivity index (χ2v) is 3.50. The summed E-state index contributed by atoms with van der Waals surface area (Å²) in [5.74, 6) is 0.468. The van der Waals surface area contributed by atoms with Gasteiger partial charge in [0.2, 0.25) is 5.91 Å². The smallest absolute Gasteiger partial charge is 0.231 e. The van der Waals surface area contributed by atoms with Crippen molar-refractivity contribution in [3.05, 3.63) is 11.1 Å². The molecule has 2 heterocycles. The van der Waals surface area contributed by atoms with Crippen molar-refractivity contribution in [3.8, 4) is 0 Å². The Morgan fingerprint density at radius 1 is 1.80 bits per heavy atom. The Balaban J connectivity index is 2.21. The summed E-state index contributed by atoms with van der Waals surface area (Å²) >= 11 is 4.20. The number of fused-ring (bicyclic) bond motifs is 1. The van der Waals surface area contributed by atoms with Crippen LogP contribution in [0.3, 0.4) is 0 Å². The molecule has 0 N–H and O–H groups in total. The fourth-order valence-corrected chi connectivity index (χ4v) is 1.90. The van der Waals surface area contributed by atoms with Crippen LogP contribution >= 0.6 is 12.6 Å². The van der Waals surface area contributed by atoms with Gasteiger partial charge >= 0.3 is 0 Å². The normalized spacial score (nSPS) is 37.2. The molecule has 3 heteroatoms. The first kappa shape index (κ1) is 6.28. The molecule has 0 aliphatic carbocycles. The van der Waals surface area contributed by atoms with E-state index < -0.39 is 0 Å². The van der Waals surface area contributed by atoms with E-state index in [2.05, 4.69) is 12.6 Å². The Labute approximate surface area is 65.3 Å². The van der Waals surface area contributed by atoms with Crippen molar-refractivity contribution in [1.29, 1.82) is 0 Å². The lowest BCUT2D eigenvalue weighted by molar-refractivity contribution is -0.147. The quantitative estimate of drug-likeness (QED) is 0.409. The van der Waals surface area contributed by atoms with E-state index in [-0.39, 0.29) is 11.8 Å². The lowest BCUT2D eigenvalue weighted by Crippen LogP contribution is -2.54. The van der Waals surface area contributed by atoms with Crippen LogP contribution in [0.15, 0.2) is 11.1 Å². The van der Waals surface area contributed by atoms with E-state index in [4.69, 9.17) is 0 Å². The zero-order valence-corrected chi connectivity index (χ0v) is 6.64. The maximum Gasteiger partial charge on any atom is 0.231 e. The molecule has 2 unspecified atom stereocenters. The standard InChI is InChI=1S/C7H9NOS/c1-4-6-2-5(10)3-8(6)7(4)9/h3-4,6,10H,2H2,1H3. The number of hydrogen-bond donors (Lipinski definition) is 1. The Bertz CT molecular complexity index is 224. The average molecular weight is 155 g/mol. The van der Waals surface area contributed by atoms with Crippen LogP contribution in [0.1, 0.15) is 13.3 Å². The highest BCUT2D eigenvalue weighted by Gasteiger charge is 2.45. The molecule has 0 aromatic carbocycles. The Morgan fingerprint density at radius 3 is 3.10 bits per heavy atom. The molecular formula is C7H9NOS. The van der Waals surface area contributed by atoms with Gasteiger partial charge in [-0.25, -0.2) is 0 Å². The van der Waals surface area contributed by atoms with Crippen molar-refractivity contribution in [2.24, 2.45) is 5.92 Å². The van der Waals surface area contributed by atoms with Crippen LogP contribution in [0.5, 0.6) is 0 Å². The first-order valence-corrected chi connectivity index (χ1v) is 3.86. The van der Waals surface area contributed by atoms with Crippen LogP contribution in [-0.2, 0) is 4.79 Å². The number of nitrogens with zero attached hydrogens (tertiary/aromatic N) is 1. The van der Waals surface area contributed by atoms with E-state index in [9.17, 15) is 4.79 Å². The van der Waals surface area contributed by atoms with Crippen molar-refractivity contribution >= 4 is 18.5 Å². The molecule has 1 fully saturated rings. The summed E-state index contributed by atoms with van der Waals surface area (Å²) in [5, 5.41) is 0. The van der Waals surface area contributed by atoms with Gasteiger partial charge in [-0.1, -0.05) is 6.92 Å². The SMILES string of the molecule is CC1C(=O)N2C=C(S)CC12. The van der Waals surface area contributed by atoms with Crippen LogP contribution in [0.2, 0.25) is 0 Å². The molecule has 1 saturated heterocycles. The third kappa shape index (κ3) is 0.586. The summed E-state index contributed by atoms with van der Waals surface area (Å²) in [6, 6.07) is 0.431. The van der Waals surface area contributed by atoms with Crippen molar-refractivity contribution in [1.82, 2.24) is 4.90 Å². The minimum absolute atomic E-state index is 0.223. The van der Waals surface area contributed by atoms with Gasteiger partial charge in [-0.2, -0.15) is 0 Å². The largest absolute Gasteiger partial charge is 0.314 e. The van der Waals surface area contributed by atoms with Crippen molar-refractivity contribution in [2.75, 3.05) is 0 Å². The number of hydrogen-bond acceptors (Lipinski definition) is 2. The van der Waals surface area contributed by atoms with Gasteiger partial charge in [0.15, 0.2) is 0 Å². The lowest BCUT2D eigenvalue weighted by Gasteiger charge is -2.39. The summed E-state index contributed by atoms with van der Waals surface area (Å²) in [6.45, 7) is 1.98. The lowest BCUT2D eigenvalue weighted by atomic mass is 9.90. The Morgan fingerprint density at radius 2 is 2.50 bits per heavy atom. The maximum atomic E-state index is 11.0. The van der Waals surface area contributed by atoms with Crippen LogP contribution < -0.4 is 0 Å². The first-order valence-electron chi connectivity index (χ1n) is 3.42. The van der Waals surface area contributed by atoms with Gasteiger partial charge in [-0.3, -0.25) is 4.79 Å². The average Bonchev–Trinajstić information content (AvgIpc) is 2.27. The second-order valence-electron chi connectivity index (χ2n) is 2.93. The molecule has 2 aliphatic heterocycles. The van der Waals surface area contributed by atoms with Gasteiger partial charge in [0.1, 0.15) is 0 Å². The minimum Gasteiger partial charge on any atom is -0.314 e. The van der Waals surface area contributed by atoms with Crippen LogP contribution in [0.25, 0.3) is 0 Å². The molecule has 0 radical (unpaired) electrons. The minimum atomic E-state index is 0.223. The number of thiol groups is 1. The molecular weight excluding hydrogens is 146 g/mol. The fraction of sp³-hybridized carbons (Fsp3) is 0.571. The fourth-order valence-electron chi connectivity index (χ4n) is 1.58. The third-order valence-corrected chi connectivity index (χ3v) is 2.58. The highest BCUT2D eigenvalue weighted by Crippen LogP contribution is 2.37. The molecule has 2 nitrogen and oxygen atoms in total. The number of β-lactam (4-membered cyclic amide) rings is 1. The van der Waals surface area contributed by atoms with E-state index in [0.29, 0.717) is 6.04 Å². The summed E-state index contributed by atoms with van der Waals surface area (Å²) in [6.07, 6.45) is 2.80. The van der Waals surface area contributed by atoms with E-state index in [1.54, 1.807) is 4.90 Å². The Hall–Kier alpha value is -0.440. The maximum absolute atomic E-state index is 11.0. The molecule has 0 spiro atoms. The van der Waals surface area contributed by atoms with Gasteiger partial charge in [0, 0.05) is 17.5 Å². The van der Waals surface area contributed by atoms with Gasteiger partial charge in [-0.05, 0) is 0 Å². The van der Waals surface area contributed by atoms with Gasteiger partial charge in [0.05, 0.1) is 12.0 Å². The van der Waals surface area contributed by atoms with Crippen molar-refractivity contribution in [3.63, 3.8) is 0 Å². The molecule has 0 bridgehead atoms. The number of amides is 1. The number of carbonyl (C=O) groups excluding carboxylic acids is 1. The zero-order chi connectivity index (χ0) is 7.30. The highest BCUT2D eigenvalue weighted by atomic mass is 32.1. The van der Waals surface area contributed by atoms with Crippen molar-refractivity contribution in [2.45, 2.75) is 19.4 Å². The van der Waals surface area contributed by atoms with E-state index in [1.165, 1.54) is 0 Å². The molecule has 2 rings (SSSR count). The van der Waals surface area contributed by atoms with E-state index in [1.807, 2.05) is 13.1 Å². The summed E-state index contributed by atoms with van der Waals surface area (Å²) in [4.78, 5) is 13.9. The Kier molecular flexibility index (Phi) is 1.12. The molecule has 2 atom stereocenters. The van der Waals surface area contributed by atoms with Crippen LogP contribution in [-0.4, -0.2) is 16.8 Å². The van der Waals surface area contributed by atoms with Crippen LogP contribution in [0, 0.1) is 5.92 Å². The molecule has 54 valence electrons. The van der Waals surface area contributed by atoms with E-state index in [0.717, 1.165) is 11.3 Å². The predicted molar refractivity (Wildman–Crippen MR) is 41.5 cm³/mol. The van der Waals surface area contributed by atoms with Gasteiger partial charge < -0.3 is 4.90 Å². The highest BCUT2D eigenvalue weighted by molar-refractivity contribution is 7.84. The zero-order valence-electron chi connectivity index (χ0n) is 5.74. The topological polar surface area (TPSA) is 20.3 Å². The second kappa shape index (κ2) is 1.78. The summed E-state index contributed by atoms with van der Waals surface area (Å²) < 4.78 is 0. The third-order valence-electron chi connectivity index (χ3n) is 2.28. The monoisotopic (exact) mass is 155 g/mol. The van der Waals surface area contributed by atoms with Gasteiger partial charge in [0.25, 0.3) is 0 Å². The molecule has 0 aromatic rings. The molecule has 10 heavy (non-hydrogen) atoms. The summed E-state index contributed by atoms with van der Waals surface area (Å²) in [7, 11) is 0. The molecule has 0 aromatic heterocycles. The van der Waals surface area contributed by atoms with Crippen molar-refractivity contribution < 1.29 is 4.79 Å². The number of carbonyl (C=O) groups is 1. The molecule has 2 aliphatic rings. The van der Waals surface area contributed by atoms with Gasteiger partial charge in [-0.15, -0.1) is 12.6 Å². The first-order chi connectivity index (χ1) is 4.70. The predicted octanol–water partition coefficient (Wildman–Crippen LogP) is 1.01. The van der Waals surface area contributed by atoms with E-state index >= 15 is 0 Å².